The maximum Gasteiger partial charge on any atom is 0.289 e. The average Bonchev–Trinajstić information content (AvgIpc) is 2.86. The summed E-state index contributed by atoms with van der Waals surface area (Å²) in [4.78, 5) is 9.74. The van der Waals surface area contributed by atoms with Crippen molar-refractivity contribution in [1.82, 2.24) is 10.2 Å². The molecule has 0 amide bonds. The van der Waals surface area contributed by atoms with Gasteiger partial charge in [-0.3, -0.25) is 14.8 Å². The Morgan fingerprint density at radius 3 is 2.76 bits per heavy atom. The summed E-state index contributed by atoms with van der Waals surface area (Å²) in [5.74, 6) is 0.783. The molecular formula is C10H10N4O4S3. The lowest BCUT2D eigenvalue weighted by atomic mass is 10.3. The summed E-state index contributed by atoms with van der Waals surface area (Å²) in [6.45, 7) is 1.93. The number of nitrogens with one attached hydrogen (secondary N) is 1. The Kier molecular flexibility index (Phi) is 4.75. The fourth-order valence-electron chi connectivity index (χ4n) is 1.44. The lowest BCUT2D eigenvalue weighted by molar-refractivity contribution is -0.387. The Labute approximate surface area is 128 Å². The highest BCUT2D eigenvalue weighted by molar-refractivity contribution is 8.01. The molecule has 21 heavy (non-hydrogen) atoms. The molecule has 0 aliphatic heterocycles. The van der Waals surface area contributed by atoms with Crippen LogP contribution in [-0.4, -0.2) is 29.3 Å². The van der Waals surface area contributed by atoms with Crippen molar-refractivity contribution >= 4 is 43.9 Å². The average molecular weight is 346 g/mol. The van der Waals surface area contributed by atoms with Crippen LogP contribution in [0.5, 0.6) is 0 Å². The molecule has 0 bridgehead atoms. The van der Waals surface area contributed by atoms with Crippen LogP contribution in [0, 0.1) is 10.1 Å². The van der Waals surface area contributed by atoms with Gasteiger partial charge in [0.05, 0.1) is 4.92 Å². The zero-order valence-corrected chi connectivity index (χ0v) is 13.2. The number of nitro benzene ring substituents is 1. The zero-order valence-electron chi connectivity index (χ0n) is 10.7. The summed E-state index contributed by atoms with van der Waals surface area (Å²) in [5.41, 5.74) is -0.488. The Morgan fingerprint density at radius 1 is 1.38 bits per heavy atom. The van der Waals surface area contributed by atoms with Gasteiger partial charge in [-0.1, -0.05) is 42.2 Å². The van der Waals surface area contributed by atoms with E-state index in [0.717, 1.165) is 23.2 Å². The van der Waals surface area contributed by atoms with Crippen molar-refractivity contribution in [3.8, 4) is 0 Å². The van der Waals surface area contributed by atoms with Gasteiger partial charge in [-0.25, -0.2) is 8.42 Å². The third kappa shape index (κ3) is 3.68. The molecule has 0 aliphatic rings. The van der Waals surface area contributed by atoms with E-state index >= 15 is 0 Å². The maximum absolute atomic E-state index is 12.2. The molecule has 112 valence electrons. The van der Waals surface area contributed by atoms with Gasteiger partial charge in [0.15, 0.2) is 9.24 Å². The number of nitrogens with zero attached hydrogens (tertiary/aromatic N) is 3. The molecule has 0 fully saturated rings. The largest absolute Gasteiger partial charge is 0.289 e. The number of benzene rings is 1. The van der Waals surface area contributed by atoms with Crippen LogP contribution in [0.2, 0.25) is 0 Å². The second-order valence-corrected chi connectivity index (χ2v) is 7.78. The summed E-state index contributed by atoms with van der Waals surface area (Å²) in [6, 6.07) is 5.12. The Bertz CT molecular complexity index is 759. The molecule has 1 aromatic heterocycles. The number of sulfonamides is 1. The highest BCUT2D eigenvalue weighted by Gasteiger charge is 2.26. The highest BCUT2D eigenvalue weighted by atomic mass is 32.2. The van der Waals surface area contributed by atoms with E-state index in [1.54, 1.807) is 0 Å². The maximum atomic E-state index is 12.2. The van der Waals surface area contributed by atoms with Crippen LogP contribution in [0.25, 0.3) is 0 Å². The van der Waals surface area contributed by atoms with Gasteiger partial charge in [0, 0.05) is 6.07 Å². The topological polar surface area (TPSA) is 115 Å². The number of rotatable bonds is 6. The van der Waals surface area contributed by atoms with Gasteiger partial charge in [-0.2, -0.15) is 0 Å². The summed E-state index contributed by atoms with van der Waals surface area (Å²) in [5, 5.41) is 18.5. The lowest BCUT2D eigenvalue weighted by Gasteiger charge is -2.04. The third-order valence-corrected chi connectivity index (χ3v) is 5.62. The molecule has 1 N–H and O–H groups in total. The van der Waals surface area contributed by atoms with Crippen molar-refractivity contribution in [1.29, 1.82) is 0 Å². The van der Waals surface area contributed by atoms with Crippen LogP contribution in [0.15, 0.2) is 33.5 Å². The zero-order chi connectivity index (χ0) is 15.5. The molecule has 0 saturated carbocycles. The van der Waals surface area contributed by atoms with E-state index in [4.69, 9.17) is 0 Å². The number of thioether (sulfide) groups is 1. The molecule has 1 heterocycles. The van der Waals surface area contributed by atoms with Gasteiger partial charge >= 0.3 is 0 Å². The first-order valence-electron chi connectivity index (χ1n) is 5.66. The van der Waals surface area contributed by atoms with E-state index in [1.807, 2.05) is 6.92 Å². The molecule has 0 saturated heterocycles. The second kappa shape index (κ2) is 6.37. The van der Waals surface area contributed by atoms with E-state index < -0.39 is 25.5 Å². The predicted octanol–water partition coefficient (Wildman–Crippen LogP) is 2.36. The fraction of sp³-hybridized carbons (Fsp3) is 0.200. The van der Waals surface area contributed by atoms with E-state index in [1.165, 1.54) is 30.0 Å². The molecule has 0 atom stereocenters. The number of nitro groups is 1. The molecular weight excluding hydrogens is 336 g/mol. The summed E-state index contributed by atoms with van der Waals surface area (Å²) in [6.07, 6.45) is 0. The molecule has 1 aromatic carbocycles. The summed E-state index contributed by atoms with van der Waals surface area (Å²) >= 11 is 2.50. The summed E-state index contributed by atoms with van der Waals surface area (Å²) in [7, 11) is -4.08. The lowest BCUT2D eigenvalue weighted by Crippen LogP contribution is -2.14. The Balaban J connectivity index is 2.32. The number of hydrogen-bond acceptors (Lipinski definition) is 8. The number of anilines is 1. The van der Waals surface area contributed by atoms with Gasteiger partial charge < -0.3 is 0 Å². The van der Waals surface area contributed by atoms with Gasteiger partial charge in [-0.05, 0) is 11.8 Å². The third-order valence-electron chi connectivity index (χ3n) is 2.25. The Hall–Kier alpha value is -1.72. The van der Waals surface area contributed by atoms with Gasteiger partial charge in [0.1, 0.15) is 0 Å². The monoisotopic (exact) mass is 346 g/mol. The van der Waals surface area contributed by atoms with E-state index in [-0.39, 0.29) is 5.13 Å². The van der Waals surface area contributed by atoms with Gasteiger partial charge in [0.25, 0.3) is 15.7 Å². The van der Waals surface area contributed by atoms with E-state index in [0.29, 0.717) is 4.34 Å². The van der Waals surface area contributed by atoms with E-state index in [9.17, 15) is 18.5 Å². The normalized spacial score (nSPS) is 11.3. The van der Waals surface area contributed by atoms with E-state index in [2.05, 4.69) is 14.9 Å². The molecule has 11 heteroatoms. The van der Waals surface area contributed by atoms with Crippen molar-refractivity contribution < 1.29 is 13.3 Å². The smallest absolute Gasteiger partial charge is 0.258 e. The number of aromatic nitrogens is 2. The van der Waals surface area contributed by atoms with Crippen molar-refractivity contribution in [2.45, 2.75) is 16.2 Å². The van der Waals surface area contributed by atoms with Crippen molar-refractivity contribution in [3.63, 3.8) is 0 Å². The van der Waals surface area contributed by atoms with Crippen LogP contribution in [-0.2, 0) is 10.0 Å². The van der Waals surface area contributed by atoms with Crippen LogP contribution in [0.1, 0.15) is 6.92 Å². The first-order valence-corrected chi connectivity index (χ1v) is 8.95. The molecule has 0 aliphatic carbocycles. The number of para-hydroxylation sites is 1. The van der Waals surface area contributed by atoms with Crippen LogP contribution in [0.3, 0.4) is 0 Å². The van der Waals surface area contributed by atoms with Gasteiger partial charge in [-0.15, -0.1) is 10.2 Å². The number of hydrogen-bond donors (Lipinski definition) is 1. The minimum absolute atomic E-state index is 0.0732. The van der Waals surface area contributed by atoms with Crippen LogP contribution >= 0.6 is 23.1 Å². The van der Waals surface area contributed by atoms with Gasteiger partial charge in [0.2, 0.25) is 5.13 Å². The van der Waals surface area contributed by atoms with Crippen LogP contribution < -0.4 is 4.72 Å². The fourth-order valence-corrected chi connectivity index (χ4v) is 4.49. The van der Waals surface area contributed by atoms with Crippen LogP contribution in [0.4, 0.5) is 10.8 Å². The molecule has 2 rings (SSSR count). The standard InChI is InChI=1S/C10H10N4O4S3/c1-2-19-10-12-11-9(20-10)13-21(17,18)8-6-4-3-5-7(8)14(15)16/h3-6H,2H2,1H3,(H,11,13). The molecule has 0 spiro atoms. The Morgan fingerprint density at radius 2 is 2.10 bits per heavy atom. The first kappa shape index (κ1) is 15.7. The SMILES string of the molecule is CCSc1nnc(NS(=O)(=O)c2ccccc2[N+](=O)[O-])s1. The minimum atomic E-state index is -4.08. The van der Waals surface area contributed by atoms with Crippen molar-refractivity contribution in [3.05, 3.63) is 34.4 Å². The molecule has 2 aromatic rings. The highest BCUT2D eigenvalue weighted by Crippen LogP contribution is 2.29. The molecule has 0 unspecified atom stereocenters. The molecule has 8 nitrogen and oxygen atoms in total. The minimum Gasteiger partial charge on any atom is -0.258 e. The quantitative estimate of drug-likeness (QED) is 0.485. The predicted molar refractivity (Wildman–Crippen MR) is 80.2 cm³/mol. The van der Waals surface area contributed by atoms with Crippen molar-refractivity contribution in [2.75, 3.05) is 10.5 Å². The first-order chi connectivity index (χ1) is 9.94. The summed E-state index contributed by atoms with van der Waals surface area (Å²) < 4.78 is 27.3. The molecule has 0 radical (unpaired) electrons. The van der Waals surface area contributed by atoms with Crippen molar-refractivity contribution in [2.24, 2.45) is 0 Å². The second-order valence-electron chi connectivity index (χ2n) is 3.64.